The van der Waals surface area contributed by atoms with Gasteiger partial charge in [0, 0.05) is 32.6 Å². The number of nitrogens with zero attached hydrogens (tertiary/aromatic N) is 1. The van der Waals surface area contributed by atoms with Crippen LogP contribution in [0, 0.1) is 6.92 Å². The van der Waals surface area contributed by atoms with Gasteiger partial charge in [-0.05, 0) is 61.6 Å². The van der Waals surface area contributed by atoms with E-state index >= 15 is 0 Å². The number of carbonyl (C=O) groups is 1. The molecule has 0 atom stereocenters. The summed E-state index contributed by atoms with van der Waals surface area (Å²) in [5.41, 5.74) is 8.46. The summed E-state index contributed by atoms with van der Waals surface area (Å²) in [6.07, 6.45) is 7.70. The number of pyridine rings is 1. The van der Waals surface area contributed by atoms with Crippen LogP contribution in [0.1, 0.15) is 58.8 Å². The van der Waals surface area contributed by atoms with Gasteiger partial charge < -0.3 is 15.2 Å². The number of aryl methyl sites for hydroxylation is 1. The highest BCUT2D eigenvalue weighted by Gasteiger charge is 2.24. The molecule has 1 fully saturated rings. The van der Waals surface area contributed by atoms with E-state index in [1.807, 2.05) is 37.3 Å². The van der Waals surface area contributed by atoms with E-state index in [0.29, 0.717) is 11.5 Å². The zero-order valence-electron chi connectivity index (χ0n) is 18.3. The molecule has 0 saturated heterocycles. The average Bonchev–Trinajstić information content (AvgIpc) is 3.14. The van der Waals surface area contributed by atoms with E-state index in [1.165, 1.54) is 24.8 Å². The molecular weight excluding hydrogens is 420 g/mol. The zero-order valence-corrected chi connectivity index (χ0v) is 19.1. The van der Waals surface area contributed by atoms with Crippen molar-refractivity contribution in [2.24, 2.45) is 5.73 Å². The number of fused-ring (bicyclic) bond motifs is 2. The number of amides is 1. The molecule has 0 aliphatic heterocycles. The predicted octanol–water partition coefficient (Wildman–Crippen LogP) is 6.71. The molecule has 1 saturated carbocycles. The number of hydrogen-bond acceptors (Lipinski definition) is 5. The molecule has 0 spiro atoms. The largest absolute Gasteiger partial charge is 0.497 e. The van der Waals surface area contributed by atoms with Crippen LogP contribution < -0.4 is 15.2 Å². The molecule has 0 radical (unpaired) electrons. The summed E-state index contributed by atoms with van der Waals surface area (Å²) in [7, 11) is 1.65. The monoisotopic (exact) mass is 446 g/mol. The Morgan fingerprint density at radius 1 is 1.09 bits per heavy atom. The summed E-state index contributed by atoms with van der Waals surface area (Å²) < 4.78 is 12.8. The van der Waals surface area contributed by atoms with E-state index in [0.717, 1.165) is 56.0 Å². The van der Waals surface area contributed by atoms with Crippen LogP contribution in [0.2, 0.25) is 0 Å². The smallest absolute Gasteiger partial charge is 0.250 e. The van der Waals surface area contributed by atoms with Gasteiger partial charge in [0.1, 0.15) is 17.2 Å². The number of thiophene rings is 1. The van der Waals surface area contributed by atoms with Crippen molar-refractivity contribution in [2.75, 3.05) is 7.11 Å². The first-order valence-corrected chi connectivity index (χ1v) is 11.8. The van der Waals surface area contributed by atoms with Gasteiger partial charge in [0.15, 0.2) is 0 Å². The van der Waals surface area contributed by atoms with Gasteiger partial charge in [-0.1, -0.05) is 19.3 Å². The first-order chi connectivity index (χ1) is 15.5. The minimum absolute atomic E-state index is 0.353. The number of ether oxygens (including phenoxy) is 2. The van der Waals surface area contributed by atoms with E-state index in [4.69, 9.17) is 15.2 Å². The maximum atomic E-state index is 12.3. The Kier molecular flexibility index (Phi) is 5.47. The number of rotatable bonds is 5. The minimum Gasteiger partial charge on any atom is -0.497 e. The second kappa shape index (κ2) is 8.43. The lowest BCUT2D eigenvalue weighted by atomic mass is 9.82. The highest BCUT2D eigenvalue weighted by atomic mass is 32.1. The molecule has 1 aliphatic carbocycles. The summed E-state index contributed by atoms with van der Waals surface area (Å²) in [4.78, 5) is 17.7. The van der Waals surface area contributed by atoms with Crippen LogP contribution in [0.3, 0.4) is 0 Å². The fraction of sp³-hybridized carbons (Fsp3) is 0.308. The van der Waals surface area contributed by atoms with Crippen LogP contribution >= 0.6 is 11.3 Å². The van der Waals surface area contributed by atoms with E-state index in [-0.39, 0.29) is 5.91 Å². The number of primary amides is 1. The summed E-state index contributed by atoms with van der Waals surface area (Å²) in [5, 5.41) is 1.94. The zero-order chi connectivity index (χ0) is 22.2. The normalized spacial score (nSPS) is 14.7. The molecule has 2 aromatic carbocycles. The number of carbonyl (C=O) groups excluding carboxylic acids is 1. The number of aromatic nitrogens is 1. The molecule has 5 rings (SSSR count). The average molecular weight is 447 g/mol. The van der Waals surface area contributed by atoms with Crippen LogP contribution in [0.15, 0.2) is 42.6 Å². The lowest BCUT2D eigenvalue weighted by molar-refractivity contribution is 0.100. The molecule has 2 heterocycles. The third-order valence-electron chi connectivity index (χ3n) is 6.40. The molecule has 5 nitrogen and oxygen atoms in total. The Morgan fingerprint density at radius 2 is 1.91 bits per heavy atom. The quantitative estimate of drug-likeness (QED) is 0.370. The molecule has 1 aliphatic rings. The predicted molar refractivity (Wildman–Crippen MR) is 129 cm³/mol. The fourth-order valence-electron chi connectivity index (χ4n) is 4.89. The van der Waals surface area contributed by atoms with Gasteiger partial charge in [-0.2, -0.15) is 0 Å². The number of methoxy groups -OCH3 is 1. The standard InChI is InChI=1S/C26H26N2O3S/c1-15-24(26(27)29)25-20(16-6-4-3-5-7-16)12-18(14-23(25)32-15)31-22-10-11-28-21-13-17(30-2)8-9-19(21)22/h8-14,16H,3-7H2,1-2H3,(H2,27,29). The Hall–Kier alpha value is -3.12. The SMILES string of the molecule is COc1ccc2c(Oc3cc(C4CCCCC4)c4c(C(N)=O)c(C)sc4c3)ccnc2c1. The van der Waals surface area contributed by atoms with Crippen molar-refractivity contribution in [1.29, 1.82) is 0 Å². The molecule has 1 amide bonds. The Morgan fingerprint density at radius 3 is 2.66 bits per heavy atom. The number of hydrogen-bond donors (Lipinski definition) is 1. The first-order valence-electron chi connectivity index (χ1n) is 11.0. The second-order valence-corrected chi connectivity index (χ2v) is 9.67. The van der Waals surface area contributed by atoms with Gasteiger partial charge in [0.05, 0.1) is 18.2 Å². The van der Waals surface area contributed by atoms with Crippen molar-refractivity contribution >= 4 is 38.2 Å². The number of benzene rings is 2. The van der Waals surface area contributed by atoms with Crippen LogP contribution in [0.25, 0.3) is 21.0 Å². The van der Waals surface area contributed by atoms with Crippen LogP contribution in [-0.2, 0) is 0 Å². The Balaban J connectivity index is 1.64. The van der Waals surface area contributed by atoms with Gasteiger partial charge >= 0.3 is 0 Å². The van der Waals surface area contributed by atoms with Crippen molar-refractivity contribution in [3.8, 4) is 17.2 Å². The fourth-order valence-corrected chi connectivity index (χ4v) is 6.02. The molecule has 164 valence electrons. The summed E-state index contributed by atoms with van der Waals surface area (Å²) >= 11 is 1.61. The van der Waals surface area contributed by atoms with Crippen LogP contribution in [-0.4, -0.2) is 18.0 Å². The molecule has 6 heteroatoms. The van der Waals surface area contributed by atoms with E-state index in [2.05, 4.69) is 11.1 Å². The highest BCUT2D eigenvalue weighted by molar-refractivity contribution is 7.19. The third-order valence-corrected chi connectivity index (χ3v) is 7.45. The molecule has 0 bridgehead atoms. The highest BCUT2D eigenvalue weighted by Crippen LogP contribution is 2.44. The van der Waals surface area contributed by atoms with E-state index in [9.17, 15) is 4.79 Å². The number of nitrogens with two attached hydrogens (primary N) is 1. The lowest BCUT2D eigenvalue weighted by Crippen LogP contribution is -2.13. The van der Waals surface area contributed by atoms with Crippen LogP contribution in [0.4, 0.5) is 0 Å². The minimum atomic E-state index is -0.353. The summed E-state index contributed by atoms with van der Waals surface area (Å²) in [6.45, 7) is 1.97. The third kappa shape index (κ3) is 3.69. The van der Waals surface area contributed by atoms with E-state index in [1.54, 1.807) is 24.6 Å². The van der Waals surface area contributed by atoms with Gasteiger partial charge in [-0.25, -0.2) is 0 Å². The lowest BCUT2D eigenvalue weighted by Gasteiger charge is -2.24. The van der Waals surface area contributed by atoms with Crippen molar-refractivity contribution < 1.29 is 14.3 Å². The molecule has 4 aromatic rings. The molecule has 2 aromatic heterocycles. The molecule has 2 N–H and O–H groups in total. The summed E-state index contributed by atoms with van der Waals surface area (Å²) in [6, 6.07) is 11.8. The van der Waals surface area contributed by atoms with Gasteiger partial charge in [0.25, 0.3) is 0 Å². The molecular formula is C26H26N2O3S. The second-order valence-electron chi connectivity index (χ2n) is 8.41. The first kappa shape index (κ1) is 20.8. The summed E-state index contributed by atoms with van der Waals surface area (Å²) in [5.74, 6) is 2.35. The van der Waals surface area contributed by atoms with Crippen molar-refractivity contribution in [3.63, 3.8) is 0 Å². The van der Waals surface area contributed by atoms with Gasteiger partial charge in [0.2, 0.25) is 5.91 Å². The van der Waals surface area contributed by atoms with Crippen molar-refractivity contribution in [1.82, 2.24) is 4.98 Å². The van der Waals surface area contributed by atoms with Gasteiger partial charge in [-0.3, -0.25) is 9.78 Å². The Bertz CT molecular complexity index is 1320. The van der Waals surface area contributed by atoms with Crippen molar-refractivity contribution in [2.45, 2.75) is 44.9 Å². The Labute approximate surface area is 191 Å². The molecule has 32 heavy (non-hydrogen) atoms. The topological polar surface area (TPSA) is 74.4 Å². The molecule has 0 unspecified atom stereocenters. The maximum Gasteiger partial charge on any atom is 0.250 e. The van der Waals surface area contributed by atoms with Crippen LogP contribution in [0.5, 0.6) is 17.2 Å². The van der Waals surface area contributed by atoms with E-state index < -0.39 is 0 Å². The maximum absolute atomic E-state index is 12.3. The van der Waals surface area contributed by atoms with Gasteiger partial charge in [-0.15, -0.1) is 11.3 Å². The van der Waals surface area contributed by atoms with Crippen molar-refractivity contribution in [3.05, 3.63) is 58.6 Å².